The number of sulfonamides is 1. The molecule has 3 aliphatic rings. The summed E-state index contributed by atoms with van der Waals surface area (Å²) >= 11 is 0. The topological polar surface area (TPSA) is 66.4 Å². The molecule has 0 saturated heterocycles. The number of benzene rings is 2. The minimum absolute atomic E-state index is 0.0668. The normalized spacial score (nSPS) is 32.9. The Morgan fingerprint density at radius 1 is 1.07 bits per heavy atom. The molecule has 4 nitrogen and oxygen atoms in total. The van der Waals surface area contributed by atoms with Crippen LogP contribution < -0.4 is 4.72 Å². The Hall–Kier alpha value is -1.92. The number of hydrogen-bond donors (Lipinski definition) is 2. The number of rotatable bonds is 3. The van der Waals surface area contributed by atoms with Crippen LogP contribution >= 0.6 is 0 Å². The van der Waals surface area contributed by atoms with Gasteiger partial charge in [-0.2, -0.15) is 0 Å². The second kappa shape index (κ2) is 7.06. The maximum absolute atomic E-state index is 13.2. The summed E-state index contributed by atoms with van der Waals surface area (Å²) in [6.45, 7) is 2.26. The molecule has 0 unspecified atom stereocenters. The maximum Gasteiger partial charge on any atom is 0.240 e. The van der Waals surface area contributed by atoms with Gasteiger partial charge in [-0.1, -0.05) is 13.0 Å². The van der Waals surface area contributed by atoms with Crippen molar-refractivity contribution in [2.45, 2.75) is 62.3 Å². The van der Waals surface area contributed by atoms with Gasteiger partial charge in [-0.05, 0) is 109 Å². The molecule has 2 saturated carbocycles. The lowest BCUT2D eigenvalue weighted by atomic mass is 9.55. The van der Waals surface area contributed by atoms with E-state index in [-0.39, 0.29) is 16.4 Å². The molecule has 3 aliphatic carbocycles. The van der Waals surface area contributed by atoms with Gasteiger partial charge in [0.05, 0.1) is 4.90 Å². The zero-order chi connectivity index (χ0) is 21.1. The average Bonchev–Trinajstić information content (AvgIpc) is 3.03. The fraction of sp³-hybridized carbons (Fsp3) is 0.500. The Morgan fingerprint density at radius 2 is 1.83 bits per heavy atom. The summed E-state index contributed by atoms with van der Waals surface area (Å²) in [5, 5.41) is 9.84. The summed E-state index contributed by atoms with van der Waals surface area (Å²) in [4.78, 5) is 0.121. The van der Waals surface area contributed by atoms with Gasteiger partial charge in [-0.3, -0.25) is 0 Å². The van der Waals surface area contributed by atoms with Crippen molar-refractivity contribution in [3.8, 4) is 5.75 Å². The van der Waals surface area contributed by atoms with E-state index >= 15 is 0 Å². The molecule has 5 rings (SSSR count). The van der Waals surface area contributed by atoms with Crippen molar-refractivity contribution in [1.29, 1.82) is 0 Å². The molecule has 0 aliphatic heterocycles. The van der Waals surface area contributed by atoms with E-state index in [1.807, 2.05) is 6.07 Å². The molecule has 2 aromatic carbocycles. The van der Waals surface area contributed by atoms with E-state index in [0.29, 0.717) is 23.5 Å². The molecule has 2 aromatic rings. The predicted octanol–water partition coefficient (Wildman–Crippen LogP) is 4.73. The molecule has 160 valence electrons. The summed E-state index contributed by atoms with van der Waals surface area (Å²) < 4.78 is 42.1. The van der Waals surface area contributed by atoms with Gasteiger partial charge in [0.15, 0.2) is 0 Å². The number of nitrogens with one attached hydrogen (secondary N) is 1. The second-order valence-electron chi connectivity index (χ2n) is 9.55. The third kappa shape index (κ3) is 3.16. The summed E-state index contributed by atoms with van der Waals surface area (Å²) in [7, 11) is -3.68. The first kappa shape index (κ1) is 20.0. The molecule has 5 atom stereocenters. The summed E-state index contributed by atoms with van der Waals surface area (Å²) in [5.41, 5.74) is 2.58. The van der Waals surface area contributed by atoms with Crippen LogP contribution in [-0.4, -0.2) is 19.6 Å². The number of phenols is 1. The fourth-order valence-corrected chi connectivity index (χ4v) is 8.02. The van der Waals surface area contributed by atoms with Gasteiger partial charge in [0.1, 0.15) is 11.6 Å². The van der Waals surface area contributed by atoms with Crippen LogP contribution in [0.4, 0.5) is 4.39 Å². The number of aryl methyl sites for hydroxylation is 1. The van der Waals surface area contributed by atoms with E-state index < -0.39 is 15.8 Å². The highest BCUT2D eigenvalue weighted by Gasteiger charge is 2.55. The number of aromatic hydroxyl groups is 1. The van der Waals surface area contributed by atoms with Crippen LogP contribution in [0.15, 0.2) is 47.4 Å². The largest absolute Gasteiger partial charge is 0.508 e. The molecule has 0 bridgehead atoms. The van der Waals surface area contributed by atoms with Crippen LogP contribution in [0.3, 0.4) is 0 Å². The number of halogens is 1. The smallest absolute Gasteiger partial charge is 0.240 e. The highest BCUT2D eigenvalue weighted by atomic mass is 32.2. The van der Waals surface area contributed by atoms with Crippen LogP contribution in [-0.2, 0) is 16.4 Å². The number of fused-ring (bicyclic) bond motifs is 5. The van der Waals surface area contributed by atoms with Crippen molar-refractivity contribution >= 4 is 10.0 Å². The van der Waals surface area contributed by atoms with E-state index in [1.165, 1.54) is 35.4 Å². The van der Waals surface area contributed by atoms with Crippen molar-refractivity contribution in [3.63, 3.8) is 0 Å². The lowest BCUT2D eigenvalue weighted by molar-refractivity contribution is 0.0462. The van der Waals surface area contributed by atoms with E-state index in [4.69, 9.17) is 0 Å². The Morgan fingerprint density at radius 3 is 2.60 bits per heavy atom. The maximum atomic E-state index is 13.2. The Labute approximate surface area is 177 Å². The van der Waals surface area contributed by atoms with Crippen LogP contribution in [0.2, 0.25) is 0 Å². The molecule has 6 heteroatoms. The number of hydrogen-bond acceptors (Lipinski definition) is 3. The van der Waals surface area contributed by atoms with Crippen molar-refractivity contribution in [2.24, 2.45) is 17.3 Å². The Bertz CT molecular complexity index is 1070. The fourth-order valence-electron chi connectivity index (χ4n) is 6.63. The van der Waals surface area contributed by atoms with Gasteiger partial charge in [0.25, 0.3) is 0 Å². The van der Waals surface area contributed by atoms with Crippen LogP contribution in [0.1, 0.15) is 56.1 Å². The van der Waals surface area contributed by atoms with Crippen LogP contribution in [0, 0.1) is 23.1 Å². The van der Waals surface area contributed by atoms with Crippen LogP contribution in [0.5, 0.6) is 5.75 Å². The molecule has 2 N–H and O–H groups in total. The van der Waals surface area contributed by atoms with Gasteiger partial charge < -0.3 is 5.11 Å². The molecule has 0 radical (unpaired) electrons. The van der Waals surface area contributed by atoms with Crippen molar-refractivity contribution < 1.29 is 17.9 Å². The molecule has 0 heterocycles. The van der Waals surface area contributed by atoms with Crippen LogP contribution in [0.25, 0.3) is 0 Å². The zero-order valence-electron chi connectivity index (χ0n) is 17.1. The molecule has 0 amide bonds. The third-order valence-electron chi connectivity index (χ3n) is 8.13. The molecule has 30 heavy (non-hydrogen) atoms. The lowest BCUT2D eigenvalue weighted by Gasteiger charge is -2.51. The minimum atomic E-state index is -3.68. The van der Waals surface area contributed by atoms with Gasteiger partial charge >= 0.3 is 0 Å². The summed E-state index contributed by atoms with van der Waals surface area (Å²) in [5.74, 6) is 1.44. The van der Waals surface area contributed by atoms with Gasteiger partial charge in [-0.15, -0.1) is 0 Å². The molecule has 2 fully saturated rings. The highest BCUT2D eigenvalue weighted by molar-refractivity contribution is 7.89. The van der Waals surface area contributed by atoms with Crippen molar-refractivity contribution in [1.82, 2.24) is 4.72 Å². The van der Waals surface area contributed by atoms with E-state index in [0.717, 1.165) is 38.5 Å². The molecular formula is C24H28FNO3S. The van der Waals surface area contributed by atoms with E-state index in [9.17, 15) is 17.9 Å². The van der Waals surface area contributed by atoms with Gasteiger partial charge in [0, 0.05) is 6.04 Å². The standard InChI is InChI=1S/C24H28FNO3S/c1-24-13-12-20-19-9-5-17(27)14-15(19)2-8-21(20)22(24)10-11-23(24)26-30(28,29)18-6-3-16(25)4-7-18/h3-7,9,14,20-23,26-27H,2,8,10-13H2,1H3/t20-,21-,22+,23+,24+/m1/s1. The molecule has 0 spiro atoms. The Kier molecular flexibility index (Phi) is 4.71. The zero-order valence-corrected chi connectivity index (χ0v) is 18.0. The van der Waals surface area contributed by atoms with Crippen molar-refractivity contribution in [2.75, 3.05) is 0 Å². The third-order valence-corrected chi connectivity index (χ3v) is 9.62. The lowest BCUT2D eigenvalue weighted by Crippen LogP contribution is -2.50. The first-order valence-electron chi connectivity index (χ1n) is 10.9. The molecular weight excluding hydrogens is 401 g/mol. The molecule has 0 aromatic heterocycles. The van der Waals surface area contributed by atoms with Gasteiger partial charge in [-0.25, -0.2) is 17.5 Å². The summed E-state index contributed by atoms with van der Waals surface area (Å²) in [6.07, 6.45) is 5.97. The minimum Gasteiger partial charge on any atom is -0.508 e. The SMILES string of the molecule is C[C@]12CC[C@@H]3c4ccc(O)cc4CC[C@H]3[C@@H]1CC[C@@H]2NS(=O)(=O)c1ccc(F)cc1. The second-order valence-corrected chi connectivity index (χ2v) is 11.3. The number of phenolic OH excluding ortho intramolecular Hbond substituents is 1. The first-order chi connectivity index (χ1) is 14.3. The monoisotopic (exact) mass is 429 g/mol. The van der Waals surface area contributed by atoms with Crippen molar-refractivity contribution in [3.05, 3.63) is 59.4 Å². The summed E-state index contributed by atoms with van der Waals surface area (Å²) in [6, 6.07) is 10.7. The quantitative estimate of drug-likeness (QED) is 0.741. The Balaban J connectivity index is 1.39. The first-order valence-corrected chi connectivity index (χ1v) is 12.4. The highest BCUT2D eigenvalue weighted by Crippen LogP contribution is 2.61. The average molecular weight is 430 g/mol. The van der Waals surface area contributed by atoms with Gasteiger partial charge in [0.2, 0.25) is 10.0 Å². The van der Waals surface area contributed by atoms with E-state index in [2.05, 4.69) is 17.7 Å². The predicted molar refractivity (Wildman–Crippen MR) is 113 cm³/mol. The van der Waals surface area contributed by atoms with E-state index in [1.54, 1.807) is 6.07 Å².